The molecule has 1 aromatic carbocycles. The molecule has 0 atom stereocenters. The average Bonchev–Trinajstić information content (AvgIpc) is 2.50. The molecular formula is C18H21ClN2. The van der Waals surface area contributed by atoms with Gasteiger partial charge in [-0.15, -0.1) is 0 Å². The number of rotatable bonds is 4. The van der Waals surface area contributed by atoms with Gasteiger partial charge in [-0.1, -0.05) is 48.0 Å². The summed E-state index contributed by atoms with van der Waals surface area (Å²) in [6, 6.07) is 16.7. The van der Waals surface area contributed by atoms with Gasteiger partial charge in [-0.2, -0.15) is 0 Å². The van der Waals surface area contributed by atoms with Crippen molar-refractivity contribution in [1.29, 1.82) is 0 Å². The van der Waals surface area contributed by atoms with Crippen LogP contribution in [-0.2, 0) is 13.0 Å². The van der Waals surface area contributed by atoms with Gasteiger partial charge in [-0.05, 0) is 56.0 Å². The molecule has 1 fully saturated rings. The first-order valence-electron chi connectivity index (χ1n) is 7.67. The van der Waals surface area contributed by atoms with Crippen LogP contribution < -0.4 is 0 Å². The van der Waals surface area contributed by atoms with Gasteiger partial charge in [-0.3, -0.25) is 4.90 Å². The summed E-state index contributed by atoms with van der Waals surface area (Å²) in [4.78, 5) is 6.86. The van der Waals surface area contributed by atoms with E-state index in [0.29, 0.717) is 5.15 Å². The maximum Gasteiger partial charge on any atom is 0.129 e. The normalized spacial score (nSPS) is 17.0. The van der Waals surface area contributed by atoms with Gasteiger partial charge >= 0.3 is 0 Å². The fourth-order valence-electron chi connectivity index (χ4n) is 3.06. The standard InChI is InChI=1S/C18H21ClN2/c19-18-8-4-7-17(20-18)14-21-11-9-16(10-12-21)13-15-5-2-1-3-6-15/h1-8,16H,9-14H2. The second kappa shape index (κ2) is 7.06. The first-order valence-corrected chi connectivity index (χ1v) is 8.05. The summed E-state index contributed by atoms with van der Waals surface area (Å²) in [5, 5.41) is 0.589. The number of aromatic nitrogens is 1. The summed E-state index contributed by atoms with van der Waals surface area (Å²) in [6.45, 7) is 3.23. The first-order chi connectivity index (χ1) is 10.3. The summed E-state index contributed by atoms with van der Waals surface area (Å²) in [5.41, 5.74) is 2.54. The molecule has 2 aromatic rings. The van der Waals surface area contributed by atoms with Crippen LogP contribution in [0.1, 0.15) is 24.1 Å². The minimum absolute atomic E-state index is 0.589. The molecule has 0 bridgehead atoms. The van der Waals surface area contributed by atoms with Crippen molar-refractivity contribution in [1.82, 2.24) is 9.88 Å². The highest BCUT2D eigenvalue weighted by Gasteiger charge is 2.19. The van der Waals surface area contributed by atoms with Crippen molar-refractivity contribution in [3.63, 3.8) is 0 Å². The van der Waals surface area contributed by atoms with Crippen LogP contribution in [0.15, 0.2) is 48.5 Å². The van der Waals surface area contributed by atoms with Gasteiger partial charge in [0.1, 0.15) is 5.15 Å². The molecule has 1 aliphatic heterocycles. The molecule has 1 saturated heterocycles. The van der Waals surface area contributed by atoms with E-state index in [1.165, 1.54) is 24.8 Å². The smallest absolute Gasteiger partial charge is 0.129 e. The third kappa shape index (κ3) is 4.29. The molecule has 2 heterocycles. The van der Waals surface area contributed by atoms with E-state index in [1.807, 2.05) is 12.1 Å². The van der Waals surface area contributed by atoms with Gasteiger partial charge in [0, 0.05) is 6.54 Å². The van der Waals surface area contributed by atoms with Crippen LogP contribution in [0.2, 0.25) is 5.15 Å². The largest absolute Gasteiger partial charge is 0.297 e. The van der Waals surface area contributed by atoms with Crippen molar-refractivity contribution in [2.24, 2.45) is 5.92 Å². The van der Waals surface area contributed by atoms with Crippen LogP contribution in [0.5, 0.6) is 0 Å². The summed E-state index contributed by atoms with van der Waals surface area (Å²) in [7, 11) is 0. The van der Waals surface area contributed by atoms with E-state index >= 15 is 0 Å². The van der Waals surface area contributed by atoms with Gasteiger partial charge < -0.3 is 0 Å². The molecule has 0 spiro atoms. The molecule has 0 amide bonds. The van der Waals surface area contributed by atoms with Crippen molar-refractivity contribution in [3.05, 3.63) is 64.9 Å². The Morgan fingerprint density at radius 1 is 1.00 bits per heavy atom. The highest BCUT2D eigenvalue weighted by atomic mass is 35.5. The van der Waals surface area contributed by atoms with E-state index in [1.54, 1.807) is 0 Å². The van der Waals surface area contributed by atoms with Crippen molar-refractivity contribution < 1.29 is 0 Å². The van der Waals surface area contributed by atoms with Gasteiger partial charge in [0.15, 0.2) is 0 Å². The van der Waals surface area contributed by atoms with E-state index in [9.17, 15) is 0 Å². The summed E-state index contributed by atoms with van der Waals surface area (Å²) < 4.78 is 0. The molecule has 0 N–H and O–H groups in total. The highest BCUT2D eigenvalue weighted by Crippen LogP contribution is 2.22. The monoisotopic (exact) mass is 300 g/mol. The predicted molar refractivity (Wildman–Crippen MR) is 87.4 cm³/mol. The number of hydrogen-bond acceptors (Lipinski definition) is 2. The van der Waals surface area contributed by atoms with Crippen LogP contribution in [0.3, 0.4) is 0 Å². The number of nitrogens with zero attached hydrogens (tertiary/aromatic N) is 2. The Morgan fingerprint density at radius 2 is 1.76 bits per heavy atom. The van der Waals surface area contributed by atoms with E-state index in [-0.39, 0.29) is 0 Å². The van der Waals surface area contributed by atoms with Crippen molar-refractivity contribution in [3.8, 4) is 0 Å². The Hall–Kier alpha value is -1.38. The second-order valence-electron chi connectivity index (χ2n) is 5.86. The van der Waals surface area contributed by atoms with E-state index in [0.717, 1.165) is 31.2 Å². The third-order valence-electron chi connectivity index (χ3n) is 4.23. The van der Waals surface area contributed by atoms with Gasteiger partial charge in [0.05, 0.1) is 5.69 Å². The van der Waals surface area contributed by atoms with Crippen molar-refractivity contribution >= 4 is 11.6 Å². The maximum atomic E-state index is 5.95. The molecule has 0 saturated carbocycles. The quantitative estimate of drug-likeness (QED) is 0.787. The van der Waals surface area contributed by atoms with Crippen LogP contribution in [0.4, 0.5) is 0 Å². The molecule has 1 aromatic heterocycles. The number of halogens is 1. The number of hydrogen-bond donors (Lipinski definition) is 0. The zero-order valence-corrected chi connectivity index (χ0v) is 13.0. The number of piperidine rings is 1. The lowest BCUT2D eigenvalue weighted by Gasteiger charge is -2.31. The molecule has 1 aliphatic rings. The lowest BCUT2D eigenvalue weighted by molar-refractivity contribution is 0.175. The van der Waals surface area contributed by atoms with Gasteiger partial charge in [0.2, 0.25) is 0 Å². The summed E-state index contributed by atoms with van der Waals surface area (Å²) >= 11 is 5.95. The highest BCUT2D eigenvalue weighted by molar-refractivity contribution is 6.29. The van der Waals surface area contributed by atoms with Crippen LogP contribution in [0.25, 0.3) is 0 Å². The van der Waals surface area contributed by atoms with Crippen molar-refractivity contribution in [2.45, 2.75) is 25.8 Å². The van der Waals surface area contributed by atoms with Crippen molar-refractivity contribution in [2.75, 3.05) is 13.1 Å². The average molecular weight is 301 g/mol. The van der Waals surface area contributed by atoms with E-state index < -0.39 is 0 Å². The Balaban J connectivity index is 1.49. The topological polar surface area (TPSA) is 16.1 Å². The van der Waals surface area contributed by atoms with Crippen LogP contribution in [0, 0.1) is 5.92 Å². The lowest BCUT2D eigenvalue weighted by atomic mass is 9.90. The Bertz CT molecular complexity index is 562. The zero-order chi connectivity index (χ0) is 14.5. The Kier molecular flexibility index (Phi) is 4.89. The Morgan fingerprint density at radius 3 is 2.48 bits per heavy atom. The third-order valence-corrected chi connectivity index (χ3v) is 4.44. The molecule has 110 valence electrons. The molecule has 3 heteroatoms. The molecule has 2 nitrogen and oxygen atoms in total. The first kappa shape index (κ1) is 14.6. The number of pyridine rings is 1. The maximum absolute atomic E-state index is 5.95. The fourth-order valence-corrected chi connectivity index (χ4v) is 3.24. The predicted octanol–water partition coefficient (Wildman–Crippen LogP) is 4.19. The number of likely N-dealkylation sites (tertiary alicyclic amines) is 1. The molecular weight excluding hydrogens is 280 g/mol. The van der Waals surface area contributed by atoms with E-state index in [2.05, 4.69) is 46.3 Å². The molecule has 0 unspecified atom stereocenters. The SMILES string of the molecule is Clc1cccc(CN2CCC(Cc3ccccc3)CC2)n1. The summed E-state index contributed by atoms with van der Waals surface area (Å²) in [6.07, 6.45) is 3.76. The molecule has 0 aliphatic carbocycles. The second-order valence-corrected chi connectivity index (χ2v) is 6.25. The van der Waals surface area contributed by atoms with Crippen LogP contribution >= 0.6 is 11.6 Å². The van der Waals surface area contributed by atoms with Gasteiger partial charge in [-0.25, -0.2) is 4.98 Å². The fraction of sp³-hybridized carbons (Fsp3) is 0.389. The molecule has 21 heavy (non-hydrogen) atoms. The molecule has 0 radical (unpaired) electrons. The zero-order valence-electron chi connectivity index (χ0n) is 12.2. The minimum atomic E-state index is 0.589. The van der Waals surface area contributed by atoms with Gasteiger partial charge in [0.25, 0.3) is 0 Å². The minimum Gasteiger partial charge on any atom is -0.297 e. The lowest BCUT2D eigenvalue weighted by Crippen LogP contribution is -2.34. The van der Waals surface area contributed by atoms with E-state index in [4.69, 9.17) is 11.6 Å². The number of benzene rings is 1. The Labute approximate surface area is 131 Å². The van der Waals surface area contributed by atoms with Crippen LogP contribution in [-0.4, -0.2) is 23.0 Å². The summed E-state index contributed by atoms with van der Waals surface area (Å²) in [5.74, 6) is 0.816. The molecule has 3 rings (SSSR count).